The average molecular weight is 153 g/mol. The van der Waals surface area contributed by atoms with E-state index < -0.39 is 6.10 Å². The second-order valence-electron chi connectivity index (χ2n) is 3.20. The van der Waals surface area contributed by atoms with Crippen LogP contribution in [0.1, 0.15) is 6.42 Å². The van der Waals surface area contributed by atoms with Crippen molar-refractivity contribution in [2.24, 2.45) is 5.92 Å². The summed E-state index contributed by atoms with van der Waals surface area (Å²) in [6.45, 7) is 0. The minimum atomic E-state index is -0.475. The van der Waals surface area contributed by atoms with Crippen molar-refractivity contribution in [1.82, 2.24) is 4.90 Å². The van der Waals surface area contributed by atoms with E-state index in [0.717, 1.165) is 0 Å². The Bertz CT molecular complexity index is 224. The lowest BCUT2D eigenvalue weighted by Crippen LogP contribution is -2.32. The fourth-order valence-electron chi connectivity index (χ4n) is 1.87. The van der Waals surface area contributed by atoms with Crippen molar-refractivity contribution < 1.29 is 9.90 Å². The van der Waals surface area contributed by atoms with Gasteiger partial charge in [-0.05, 0) is 6.42 Å². The Hall–Kier alpha value is -0.830. The summed E-state index contributed by atoms with van der Waals surface area (Å²) in [5, 5.41) is 9.54. The summed E-state index contributed by atoms with van der Waals surface area (Å²) in [4.78, 5) is 12.9. The van der Waals surface area contributed by atoms with Gasteiger partial charge in [0.2, 0.25) is 5.91 Å². The lowest BCUT2D eigenvalue weighted by Gasteiger charge is -2.20. The molecule has 2 rings (SSSR count). The summed E-state index contributed by atoms with van der Waals surface area (Å²) >= 11 is 0. The van der Waals surface area contributed by atoms with Crippen molar-refractivity contribution in [3.8, 4) is 0 Å². The molecule has 1 heterocycles. The maximum atomic E-state index is 11.3. The van der Waals surface area contributed by atoms with Crippen LogP contribution in [-0.2, 0) is 4.79 Å². The zero-order valence-corrected chi connectivity index (χ0v) is 6.40. The van der Waals surface area contributed by atoms with Crippen molar-refractivity contribution >= 4 is 5.91 Å². The summed E-state index contributed by atoms with van der Waals surface area (Å²) in [6, 6.07) is -0.0683. The van der Waals surface area contributed by atoms with Gasteiger partial charge in [-0.2, -0.15) is 0 Å². The molecule has 1 amide bonds. The van der Waals surface area contributed by atoms with Crippen LogP contribution in [0.25, 0.3) is 0 Å². The number of fused-ring (bicyclic) bond motifs is 2. The van der Waals surface area contributed by atoms with E-state index in [-0.39, 0.29) is 17.9 Å². The standard InChI is InChI=1S/C8H11NO2/c1-9-6-4-2-3-5(7(6)10)8(9)11/h2,4-7,10H,3H2,1H3. The number of rotatable bonds is 0. The molecule has 0 radical (unpaired) electrons. The zero-order chi connectivity index (χ0) is 8.01. The number of carbonyl (C=O) groups is 1. The summed E-state index contributed by atoms with van der Waals surface area (Å²) in [6.07, 6.45) is 4.11. The fraction of sp³-hybridized carbons (Fsp3) is 0.625. The van der Waals surface area contributed by atoms with E-state index in [9.17, 15) is 9.90 Å². The van der Waals surface area contributed by atoms with Crippen molar-refractivity contribution in [3.05, 3.63) is 12.2 Å². The van der Waals surface area contributed by atoms with Crippen LogP contribution < -0.4 is 0 Å². The Labute approximate surface area is 65.3 Å². The number of hydrogen-bond donors (Lipinski definition) is 1. The van der Waals surface area contributed by atoms with Crippen LogP contribution in [0.5, 0.6) is 0 Å². The zero-order valence-electron chi connectivity index (χ0n) is 6.40. The van der Waals surface area contributed by atoms with Gasteiger partial charge < -0.3 is 10.0 Å². The number of amides is 1. The third kappa shape index (κ3) is 0.744. The van der Waals surface area contributed by atoms with E-state index in [0.29, 0.717) is 6.42 Å². The highest BCUT2D eigenvalue weighted by Crippen LogP contribution is 2.31. The molecule has 3 heteroatoms. The van der Waals surface area contributed by atoms with Gasteiger partial charge in [0.25, 0.3) is 0 Å². The van der Waals surface area contributed by atoms with Gasteiger partial charge in [-0.15, -0.1) is 0 Å². The molecule has 11 heavy (non-hydrogen) atoms. The number of aliphatic hydroxyl groups excluding tert-OH is 1. The summed E-state index contributed by atoms with van der Waals surface area (Å²) in [7, 11) is 1.74. The Morgan fingerprint density at radius 3 is 3.00 bits per heavy atom. The first-order valence-corrected chi connectivity index (χ1v) is 3.83. The molecular formula is C8H11NO2. The molecule has 0 saturated carbocycles. The first-order chi connectivity index (χ1) is 5.22. The second-order valence-corrected chi connectivity index (χ2v) is 3.20. The highest BCUT2D eigenvalue weighted by atomic mass is 16.3. The van der Waals surface area contributed by atoms with E-state index in [2.05, 4.69) is 0 Å². The predicted molar refractivity (Wildman–Crippen MR) is 39.8 cm³/mol. The number of likely N-dealkylation sites (tertiary alicyclic amines) is 1. The van der Waals surface area contributed by atoms with Crippen molar-refractivity contribution in [2.75, 3.05) is 7.05 Å². The first kappa shape index (κ1) is 6.85. The van der Waals surface area contributed by atoms with Crippen LogP contribution in [0.15, 0.2) is 12.2 Å². The molecule has 1 aliphatic carbocycles. The van der Waals surface area contributed by atoms with Crippen molar-refractivity contribution in [2.45, 2.75) is 18.6 Å². The molecule has 3 atom stereocenters. The highest BCUT2D eigenvalue weighted by molar-refractivity contribution is 5.83. The topological polar surface area (TPSA) is 40.5 Å². The van der Waals surface area contributed by atoms with Gasteiger partial charge in [-0.3, -0.25) is 4.79 Å². The van der Waals surface area contributed by atoms with Crippen molar-refractivity contribution in [3.63, 3.8) is 0 Å². The fourth-order valence-corrected chi connectivity index (χ4v) is 1.87. The summed E-state index contributed by atoms with van der Waals surface area (Å²) in [5.41, 5.74) is 0. The van der Waals surface area contributed by atoms with Gasteiger partial charge in [-0.1, -0.05) is 12.2 Å². The lowest BCUT2D eigenvalue weighted by molar-refractivity contribution is -0.130. The highest BCUT2D eigenvalue weighted by Gasteiger charge is 2.45. The number of nitrogens with zero attached hydrogens (tertiary/aromatic N) is 1. The molecule has 2 bridgehead atoms. The lowest BCUT2D eigenvalue weighted by atomic mass is 9.93. The van der Waals surface area contributed by atoms with Crippen LogP contribution in [0.4, 0.5) is 0 Å². The van der Waals surface area contributed by atoms with Gasteiger partial charge >= 0.3 is 0 Å². The molecule has 3 nitrogen and oxygen atoms in total. The number of aliphatic hydroxyl groups is 1. The van der Waals surface area contributed by atoms with Crippen LogP contribution in [0.2, 0.25) is 0 Å². The van der Waals surface area contributed by atoms with E-state index in [1.165, 1.54) is 0 Å². The summed E-state index contributed by atoms with van der Waals surface area (Å²) < 4.78 is 0. The Morgan fingerprint density at radius 2 is 2.45 bits per heavy atom. The number of allylic oxidation sites excluding steroid dienone is 1. The Balaban J connectivity index is 2.36. The average Bonchev–Trinajstić information content (AvgIpc) is 2.19. The summed E-state index contributed by atoms with van der Waals surface area (Å²) in [5.74, 6) is -0.0949. The third-order valence-electron chi connectivity index (χ3n) is 2.60. The SMILES string of the molecule is CN1C(=O)C2CC=CC1C2O. The molecule has 0 aromatic rings. The molecule has 0 spiro atoms. The van der Waals surface area contributed by atoms with Crippen LogP contribution in [0, 0.1) is 5.92 Å². The Kier molecular flexibility index (Phi) is 1.29. The van der Waals surface area contributed by atoms with Gasteiger partial charge in [0, 0.05) is 7.05 Å². The molecule has 1 aliphatic heterocycles. The molecular weight excluding hydrogens is 142 g/mol. The van der Waals surface area contributed by atoms with Crippen LogP contribution >= 0.6 is 0 Å². The number of hydrogen-bond acceptors (Lipinski definition) is 2. The predicted octanol–water partition coefficient (Wildman–Crippen LogP) is -0.236. The second kappa shape index (κ2) is 2.08. The van der Waals surface area contributed by atoms with E-state index in [4.69, 9.17) is 0 Å². The molecule has 2 aliphatic rings. The molecule has 60 valence electrons. The minimum absolute atomic E-state index is 0.0683. The first-order valence-electron chi connectivity index (χ1n) is 3.83. The molecule has 3 unspecified atom stereocenters. The van der Waals surface area contributed by atoms with Gasteiger partial charge in [-0.25, -0.2) is 0 Å². The molecule has 1 fully saturated rings. The van der Waals surface area contributed by atoms with Crippen molar-refractivity contribution in [1.29, 1.82) is 0 Å². The number of likely N-dealkylation sites (N-methyl/N-ethyl adjacent to an activating group) is 1. The number of carbonyl (C=O) groups excluding carboxylic acids is 1. The monoisotopic (exact) mass is 153 g/mol. The van der Waals surface area contributed by atoms with E-state index in [1.807, 2.05) is 12.2 Å². The minimum Gasteiger partial charge on any atom is -0.390 e. The normalized spacial score (nSPS) is 41.8. The van der Waals surface area contributed by atoms with Gasteiger partial charge in [0.15, 0.2) is 0 Å². The molecule has 0 aromatic carbocycles. The van der Waals surface area contributed by atoms with Gasteiger partial charge in [0.1, 0.15) is 0 Å². The van der Waals surface area contributed by atoms with Gasteiger partial charge in [0.05, 0.1) is 18.1 Å². The quantitative estimate of drug-likeness (QED) is 0.488. The maximum absolute atomic E-state index is 11.3. The van der Waals surface area contributed by atoms with Crippen LogP contribution in [0.3, 0.4) is 0 Å². The van der Waals surface area contributed by atoms with Crippen LogP contribution in [-0.4, -0.2) is 35.1 Å². The van der Waals surface area contributed by atoms with E-state index in [1.54, 1.807) is 11.9 Å². The molecule has 1 N–H and O–H groups in total. The largest absolute Gasteiger partial charge is 0.390 e. The molecule has 1 saturated heterocycles. The van der Waals surface area contributed by atoms with E-state index >= 15 is 0 Å². The third-order valence-corrected chi connectivity index (χ3v) is 2.60. The Morgan fingerprint density at radius 1 is 1.73 bits per heavy atom. The maximum Gasteiger partial charge on any atom is 0.229 e. The smallest absolute Gasteiger partial charge is 0.229 e. The molecule has 0 aromatic heterocycles.